The van der Waals surface area contributed by atoms with Crippen LogP contribution in [0.4, 0.5) is 0 Å². The van der Waals surface area contributed by atoms with E-state index in [1.54, 1.807) is 6.08 Å². The second kappa shape index (κ2) is 5.85. The minimum absolute atomic E-state index is 0.350. The lowest BCUT2D eigenvalue weighted by atomic mass is 9.48. The number of carbonyl (C=O) groups excluding carboxylic acids is 1. The molecule has 4 fully saturated rings. The highest BCUT2D eigenvalue weighted by Gasteiger charge is 2.50. The second-order valence-electron chi connectivity index (χ2n) is 8.08. The number of rotatable bonds is 5. The van der Waals surface area contributed by atoms with E-state index in [0.717, 1.165) is 35.7 Å². The van der Waals surface area contributed by atoms with Crippen molar-refractivity contribution in [3.05, 3.63) is 29.7 Å². The third-order valence-electron chi connectivity index (χ3n) is 6.33. The van der Waals surface area contributed by atoms with Gasteiger partial charge in [-0.05, 0) is 86.3 Å². The molecule has 1 aromatic rings. The maximum atomic E-state index is 11.1. The summed E-state index contributed by atoms with van der Waals surface area (Å²) in [7, 11) is 1.38. The van der Waals surface area contributed by atoms with E-state index >= 15 is 0 Å². The molecule has 3 nitrogen and oxygen atoms in total. The average molecular weight is 314 g/mol. The predicted molar refractivity (Wildman–Crippen MR) is 88.7 cm³/mol. The molecule has 0 N–H and O–H groups in total. The third-order valence-corrected chi connectivity index (χ3v) is 6.33. The van der Waals surface area contributed by atoms with Crippen LogP contribution < -0.4 is 0 Å². The highest BCUT2D eigenvalue weighted by atomic mass is 16.5. The Morgan fingerprint density at radius 1 is 1.22 bits per heavy atom. The summed E-state index contributed by atoms with van der Waals surface area (Å²) >= 11 is 0. The minimum atomic E-state index is -0.350. The van der Waals surface area contributed by atoms with Crippen LogP contribution in [0.3, 0.4) is 0 Å². The molecule has 4 aliphatic carbocycles. The van der Waals surface area contributed by atoms with E-state index in [9.17, 15) is 4.79 Å². The van der Waals surface area contributed by atoms with Crippen LogP contribution in [0.1, 0.15) is 56.5 Å². The molecule has 5 rings (SSSR count). The molecule has 0 amide bonds. The van der Waals surface area contributed by atoms with E-state index in [4.69, 9.17) is 4.42 Å². The van der Waals surface area contributed by atoms with E-state index in [1.165, 1.54) is 58.1 Å². The minimum Gasteiger partial charge on any atom is -0.466 e. The molecule has 0 spiro atoms. The lowest BCUT2D eigenvalue weighted by Crippen LogP contribution is -2.46. The van der Waals surface area contributed by atoms with Gasteiger partial charge in [0.1, 0.15) is 11.5 Å². The van der Waals surface area contributed by atoms with Gasteiger partial charge in [0.15, 0.2) is 0 Å². The van der Waals surface area contributed by atoms with Crippen molar-refractivity contribution >= 4 is 12.0 Å². The van der Waals surface area contributed by atoms with Crippen molar-refractivity contribution in [3.8, 4) is 0 Å². The summed E-state index contributed by atoms with van der Waals surface area (Å²) in [6, 6.07) is 3.99. The molecule has 4 bridgehead atoms. The van der Waals surface area contributed by atoms with E-state index in [2.05, 4.69) is 10.8 Å². The highest BCUT2D eigenvalue weighted by molar-refractivity contribution is 5.86. The van der Waals surface area contributed by atoms with Crippen LogP contribution in [-0.4, -0.2) is 13.1 Å². The first-order valence-electron chi connectivity index (χ1n) is 8.99. The predicted octanol–water partition coefficient (Wildman–Crippen LogP) is 4.61. The third kappa shape index (κ3) is 3.11. The van der Waals surface area contributed by atoms with Gasteiger partial charge in [0.25, 0.3) is 0 Å². The van der Waals surface area contributed by atoms with Gasteiger partial charge in [-0.15, -0.1) is 0 Å². The molecule has 0 radical (unpaired) electrons. The van der Waals surface area contributed by atoms with Gasteiger partial charge < -0.3 is 9.15 Å². The SMILES string of the molecule is COC(=O)/C=C/c1ccc(CCC23CC4CC(CC(C4)C2)C3)o1. The number of methoxy groups -OCH3 is 1. The number of hydrogen-bond donors (Lipinski definition) is 0. The first-order valence-corrected chi connectivity index (χ1v) is 8.99. The smallest absolute Gasteiger partial charge is 0.330 e. The Kier molecular flexibility index (Phi) is 3.82. The van der Waals surface area contributed by atoms with Crippen molar-refractivity contribution in [2.75, 3.05) is 7.11 Å². The maximum Gasteiger partial charge on any atom is 0.330 e. The molecule has 4 saturated carbocycles. The van der Waals surface area contributed by atoms with Gasteiger partial charge in [0.05, 0.1) is 7.11 Å². The Bertz CT molecular complexity index is 575. The standard InChI is InChI=1S/C20H26O3/c1-22-19(21)5-4-17-2-3-18(23-17)6-7-20-11-14-8-15(12-20)10-16(9-14)13-20/h2-5,14-16H,6-13H2,1H3/b5-4+. The molecule has 0 aliphatic heterocycles. The van der Waals surface area contributed by atoms with Gasteiger partial charge in [-0.2, -0.15) is 0 Å². The zero-order valence-electron chi connectivity index (χ0n) is 13.9. The van der Waals surface area contributed by atoms with E-state index in [-0.39, 0.29) is 5.97 Å². The summed E-state index contributed by atoms with van der Waals surface area (Å²) in [4.78, 5) is 11.1. The Morgan fingerprint density at radius 3 is 2.48 bits per heavy atom. The molecule has 1 heterocycles. The van der Waals surface area contributed by atoms with Crippen molar-refractivity contribution < 1.29 is 13.9 Å². The summed E-state index contributed by atoms with van der Waals surface area (Å²) in [6.45, 7) is 0. The number of furan rings is 1. The van der Waals surface area contributed by atoms with Crippen LogP contribution in [0, 0.1) is 23.2 Å². The highest BCUT2D eigenvalue weighted by Crippen LogP contribution is 2.61. The Labute approximate surface area is 138 Å². The van der Waals surface area contributed by atoms with Crippen LogP contribution in [0.25, 0.3) is 6.08 Å². The fraction of sp³-hybridized carbons (Fsp3) is 0.650. The molecular weight excluding hydrogens is 288 g/mol. The summed E-state index contributed by atoms with van der Waals surface area (Å²) in [5.41, 5.74) is 0.601. The number of esters is 1. The average Bonchev–Trinajstić information content (AvgIpc) is 2.97. The Morgan fingerprint density at radius 2 is 1.87 bits per heavy atom. The molecule has 0 atom stereocenters. The first-order chi connectivity index (χ1) is 11.1. The van der Waals surface area contributed by atoms with E-state index in [1.807, 2.05) is 6.07 Å². The molecule has 0 unspecified atom stereocenters. The summed E-state index contributed by atoms with van der Waals surface area (Å²) in [6.07, 6.45) is 14.2. The van der Waals surface area contributed by atoms with Gasteiger partial charge in [0.2, 0.25) is 0 Å². The van der Waals surface area contributed by atoms with Crippen molar-refractivity contribution in [3.63, 3.8) is 0 Å². The topological polar surface area (TPSA) is 39.4 Å². The number of ether oxygens (including phenoxy) is 1. The van der Waals surface area contributed by atoms with Crippen LogP contribution in [0.5, 0.6) is 0 Å². The van der Waals surface area contributed by atoms with Gasteiger partial charge >= 0.3 is 5.97 Å². The van der Waals surface area contributed by atoms with Gasteiger partial charge in [0, 0.05) is 12.5 Å². The zero-order chi connectivity index (χ0) is 15.9. The molecule has 4 aliphatic rings. The van der Waals surface area contributed by atoms with Crippen LogP contribution in [0.15, 0.2) is 22.6 Å². The van der Waals surface area contributed by atoms with E-state index in [0.29, 0.717) is 5.41 Å². The molecule has 3 heteroatoms. The largest absolute Gasteiger partial charge is 0.466 e. The molecule has 124 valence electrons. The van der Waals surface area contributed by atoms with Crippen molar-refractivity contribution in [1.82, 2.24) is 0 Å². The summed E-state index contributed by atoms with van der Waals surface area (Å²) < 4.78 is 10.4. The van der Waals surface area contributed by atoms with Crippen molar-refractivity contribution in [2.24, 2.45) is 23.2 Å². The molecule has 1 aromatic heterocycles. The quantitative estimate of drug-likeness (QED) is 0.588. The summed E-state index contributed by atoms with van der Waals surface area (Å²) in [5.74, 6) is 4.46. The monoisotopic (exact) mass is 314 g/mol. The molecule has 0 aromatic carbocycles. The Balaban J connectivity index is 1.37. The fourth-order valence-corrected chi connectivity index (χ4v) is 5.82. The lowest BCUT2D eigenvalue weighted by molar-refractivity contribution is -0.134. The molecular formula is C20H26O3. The van der Waals surface area contributed by atoms with Crippen molar-refractivity contribution in [1.29, 1.82) is 0 Å². The van der Waals surface area contributed by atoms with Gasteiger partial charge in [-0.3, -0.25) is 0 Å². The first kappa shape index (κ1) is 15.0. The summed E-state index contributed by atoms with van der Waals surface area (Å²) in [5, 5.41) is 0. The number of aryl methyl sites for hydroxylation is 1. The molecule has 0 saturated heterocycles. The van der Waals surface area contributed by atoms with Gasteiger partial charge in [-0.1, -0.05) is 0 Å². The normalized spacial score (nSPS) is 35.1. The zero-order valence-corrected chi connectivity index (χ0v) is 13.9. The number of hydrogen-bond acceptors (Lipinski definition) is 3. The number of carbonyl (C=O) groups is 1. The fourth-order valence-electron chi connectivity index (χ4n) is 5.82. The van der Waals surface area contributed by atoms with Crippen LogP contribution in [-0.2, 0) is 16.0 Å². The lowest BCUT2D eigenvalue weighted by Gasteiger charge is -2.57. The second-order valence-corrected chi connectivity index (χ2v) is 8.08. The van der Waals surface area contributed by atoms with Crippen LogP contribution >= 0.6 is 0 Å². The van der Waals surface area contributed by atoms with E-state index < -0.39 is 0 Å². The Hall–Kier alpha value is -1.51. The maximum absolute atomic E-state index is 11.1. The van der Waals surface area contributed by atoms with Gasteiger partial charge in [-0.25, -0.2) is 4.79 Å². The molecule has 23 heavy (non-hydrogen) atoms. The van der Waals surface area contributed by atoms with Crippen molar-refractivity contribution in [2.45, 2.75) is 51.4 Å². The van der Waals surface area contributed by atoms with Crippen LogP contribution in [0.2, 0.25) is 0 Å².